The predicted octanol–water partition coefficient (Wildman–Crippen LogP) is 3.84. The van der Waals surface area contributed by atoms with Crippen molar-refractivity contribution < 1.29 is 14.3 Å². The zero-order chi connectivity index (χ0) is 14.6. The minimum atomic E-state index is -1.86. The third-order valence-corrected chi connectivity index (χ3v) is 8.00. The maximum absolute atomic E-state index is 10.5. The van der Waals surface area contributed by atoms with Gasteiger partial charge in [0.25, 0.3) is 0 Å². The lowest BCUT2D eigenvalue weighted by molar-refractivity contribution is -0.131. The summed E-state index contributed by atoms with van der Waals surface area (Å²) in [5, 5.41) is 8.76. The second kappa shape index (κ2) is 6.34. The van der Waals surface area contributed by atoms with Crippen LogP contribution in [0.1, 0.15) is 27.7 Å². The van der Waals surface area contributed by atoms with Crippen LogP contribution in [-0.4, -0.2) is 25.5 Å². The molecule has 104 valence electrons. The second-order valence-electron chi connectivity index (χ2n) is 6.13. The Bertz CT molecular complexity index is 326. The van der Waals surface area contributed by atoms with Gasteiger partial charge in [-0.1, -0.05) is 39.8 Å². The maximum atomic E-state index is 10.5. The first kappa shape index (κ1) is 17.1. The van der Waals surface area contributed by atoms with E-state index in [-0.39, 0.29) is 17.1 Å². The van der Waals surface area contributed by atoms with Gasteiger partial charge in [0.1, 0.15) is 0 Å². The Morgan fingerprint density at radius 1 is 1.39 bits per heavy atom. The highest BCUT2D eigenvalue weighted by atomic mass is 28.4. The molecule has 0 bridgehead atoms. The minimum absolute atomic E-state index is 0.00715. The molecular weight excluding hydrogens is 244 g/mol. The minimum Gasteiger partial charge on any atom is -0.478 e. The van der Waals surface area contributed by atoms with Crippen LogP contribution in [0.5, 0.6) is 0 Å². The number of hydrogen-bond acceptors (Lipinski definition) is 2. The average molecular weight is 270 g/mol. The molecule has 0 aliphatic rings. The zero-order valence-corrected chi connectivity index (χ0v) is 13.4. The van der Waals surface area contributed by atoms with Crippen LogP contribution < -0.4 is 0 Å². The van der Waals surface area contributed by atoms with Gasteiger partial charge in [-0.25, -0.2) is 4.79 Å². The number of aliphatic carboxylic acids is 1. The lowest BCUT2D eigenvalue weighted by atomic mass is 10.0. The molecule has 3 nitrogen and oxygen atoms in total. The first-order valence-electron chi connectivity index (χ1n) is 6.23. The number of carboxylic acids is 1. The molecule has 1 N–H and O–H groups in total. The number of carbonyl (C=O) groups is 1. The van der Waals surface area contributed by atoms with E-state index < -0.39 is 14.3 Å². The predicted molar refractivity (Wildman–Crippen MR) is 78.2 cm³/mol. The summed E-state index contributed by atoms with van der Waals surface area (Å²) < 4.78 is 6.22. The molecule has 0 fully saturated rings. The average Bonchev–Trinajstić information content (AvgIpc) is 2.20. The smallest absolute Gasteiger partial charge is 0.327 e. The number of carboxylic acid groups (broad SMARTS) is 1. The molecular formula is C14H26O3Si. The molecule has 2 atom stereocenters. The van der Waals surface area contributed by atoms with E-state index in [0.717, 1.165) is 6.08 Å². The van der Waals surface area contributed by atoms with Crippen molar-refractivity contribution in [2.45, 2.75) is 51.9 Å². The Kier molecular flexibility index (Phi) is 6.03. The van der Waals surface area contributed by atoms with Gasteiger partial charge >= 0.3 is 5.97 Å². The van der Waals surface area contributed by atoms with Crippen LogP contribution >= 0.6 is 0 Å². The topological polar surface area (TPSA) is 46.5 Å². The van der Waals surface area contributed by atoms with Crippen LogP contribution in [0.4, 0.5) is 0 Å². The van der Waals surface area contributed by atoms with Crippen LogP contribution in [0, 0.1) is 5.92 Å². The Hall–Kier alpha value is -0.873. The van der Waals surface area contributed by atoms with Crippen molar-refractivity contribution >= 4 is 14.3 Å². The molecule has 0 aromatic heterocycles. The second-order valence-corrected chi connectivity index (χ2v) is 10.9. The zero-order valence-electron chi connectivity index (χ0n) is 12.4. The third kappa shape index (κ3) is 5.19. The Labute approximate surface area is 112 Å². The van der Waals surface area contributed by atoms with E-state index in [1.54, 1.807) is 12.2 Å². The van der Waals surface area contributed by atoms with E-state index in [9.17, 15) is 4.79 Å². The van der Waals surface area contributed by atoms with Crippen LogP contribution in [-0.2, 0) is 9.22 Å². The lowest BCUT2D eigenvalue weighted by Gasteiger charge is -2.39. The molecule has 0 aliphatic carbocycles. The Morgan fingerprint density at radius 2 is 1.89 bits per heavy atom. The summed E-state index contributed by atoms with van der Waals surface area (Å²) in [5.41, 5.74) is 0. The standard InChI is InChI=1S/C14H26O3Si/c1-8-12(11(2)9-10-13(15)16)17-18(6,7)14(3,4)5/h8-12H,1H2,2-7H3,(H,15,16)/b10-9+/t11-,12-/m0/s1. The van der Waals surface area contributed by atoms with Crippen LogP contribution in [0.3, 0.4) is 0 Å². The van der Waals surface area contributed by atoms with Gasteiger partial charge in [-0.2, -0.15) is 0 Å². The van der Waals surface area contributed by atoms with Gasteiger partial charge in [-0.3, -0.25) is 0 Å². The van der Waals surface area contributed by atoms with Gasteiger partial charge in [0.2, 0.25) is 0 Å². The summed E-state index contributed by atoms with van der Waals surface area (Å²) in [5.74, 6) is -0.926. The SMILES string of the molecule is C=C[C@H](O[Si](C)(C)C(C)(C)C)[C@@H](C)/C=C/C(=O)O. The molecule has 0 amide bonds. The Morgan fingerprint density at radius 3 is 2.22 bits per heavy atom. The molecule has 0 spiro atoms. The van der Waals surface area contributed by atoms with Gasteiger partial charge in [-0.05, 0) is 18.1 Å². The summed E-state index contributed by atoms with van der Waals surface area (Å²) in [6, 6.07) is 0. The molecule has 0 aliphatic heterocycles. The molecule has 0 aromatic rings. The molecule has 0 saturated carbocycles. The van der Waals surface area contributed by atoms with Crippen molar-refractivity contribution in [3.05, 3.63) is 24.8 Å². The highest BCUT2D eigenvalue weighted by molar-refractivity contribution is 6.74. The van der Waals surface area contributed by atoms with Crippen LogP contribution in [0.15, 0.2) is 24.8 Å². The van der Waals surface area contributed by atoms with Crippen LogP contribution in [0.25, 0.3) is 0 Å². The molecule has 0 aromatic carbocycles. The van der Waals surface area contributed by atoms with Gasteiger partial charge in [0.05, 0.1) is 6.10 Å². The third-order valence-electron chi connectivity index (χ3n) is 3.53. The highest BCUT2D eigenvalue weighted by Crippen LogP contribution is 2.38. The fourth-order valence-corrected chi connectivity index (χ4v) is 2.58. The van der Waals surface area contributed by atoms with E-state index in [1.165, 1.54) is 0 Å². The molecule has 18 heavy (non-hydrogen) atoms. The van der Waals surface area contributed by atoms with E-state index >= 15 is 0 Å². The summed E-state index contributed by atoms with van der Waals surface area (Å²) in [4.78, 5) is 10.5. The van der Waals surface area contributed by atoms with Gasteiger partial charge in [-0.15, -0.1) is 6.58 Å². The van der Waals surface area contributed by atoms with Crippen molar-refractivity contribution in [2.24, 2.45) is 5.92 Å². The summed E-state index contributed by atoms with van der Waals surface area (Å²) in [7, 11) is -1.86. The van der Waals surface area contributed by atoms with E-state index in [0.29, 0.717) is 0 Å². The summed E-state index contributed by atoms with van der Waals surface area (Å²) in [6.45, 7) is 16.6. The van der Waals surface area contributed by atoms with Crippen molar-refractivity contribution in [1.82, 2.24) is 0 Å². The largest absolute Gasteiger partial charge is 0.478 e. The Balaban J connectivity index is 4.81. The van der Waals surface area contributed by atoms with Crippen LogP contribution in [0.2, 0.25) is 18.1 Å². The molecule has 0 rings (SSSR count). The lowest BCUT2D eigenvalue weighted by Crippen LogP contribution is -2.44. The van der Waals surface area contributed by atoms with Gasteiger partial charge in [0, 0.05) is 12.0 Å². The normalized spacial score (nSPS) is 16.6. The van der Waals surface area contributed by atoms with E-state index in [4.69, 9.17) is 9.53 Å². The highest BCUT2D eigenvalue weighted by Gasteiger charge is 2.39. The first-order valence-corrected chi connectivity index (χ1v) is 9.13. The van der Waals surface area contributed by atoms with Crippen molar-refractivity contribution in [3.8, 4) is 0 Å². The van der Waals surface area contributed by atoms with Gasteiger partial charge in [0.15, 0.2) is 8.32 Å². The monoisotopic (exact) mass is 270 g/mol. The maximum Gasteiger partial charge on any atom is 0.327 e. The van der Waals surface area contributed by atoms with E-state index in [2.05, 4.69) is 40.4 Å². The molecule has 0 heterocycles. The number of rotatable bonds is 6. The fraction of sp³-hybridized carbons (Fsp3) is 0.643. The summed E-state index contributed by atoms with van der Waals surface area (Å²) >= 11 is 0. The summed E-state index contributed by atoms with van der Waals surface area (Å²) in [6.07, 6.45) is 4.44. The van der Waals surface area contributed by atoms with Crippen molar-refractivity contribution in [3.63, 3.8) is 0 Å². The van der Waals surface area contributed by atoms with Gasteiger partial charge < -0.3 is 9.53 Å². The first-order chi connectivity index (χ1) is 8.01. The fourth-order valence-electron chi connectivity index (χ4n) is 1.23. The molecule has 4 heteroatoms. The molecule has 0 unspecified atom stereocenters. The molecule has 0 saturated heterocycles. The van der Waals surface area contributed by atoms with Crippen molar-refractivity contribution in [1.29, 1.82) is 0 Å². The van der Waals surface area contributed by atoms with E-state index in [1.807, 2.05) is 6.92 Å². The van der Waals surface area contributed by atoms with Crippen molar-refractivity contribution in [2.75, 3.05) is 0 Å². The molecule has 0 radical (unpaired) electrons. The number of hydrogen-bond donors (Lipinski definition) is 1. The quantitative estimate of drug-likeness (QED) is 0.453.